The molecular weight excluding hydrogens is 350 g/mol. The summed E-state index contributed by atoms with van der Waals surface area (Å²) in [6.07, 6.45) is 1.22. The third-order valence-electron chi connectivity index (χ3n) is 4.81. The lowest BCUT2D eigenvalue weighted by Gasteiger charge is -2.33. The first-order valence-corrected chi connectivity index (χ1v) is 8.67. The van der Waals surface area contributed by atoms with Gasteiger partial charge in [0, 0.05) is 19.3 Å². The van der Waals surface area contributed by atoms with Crippen molar-refractivity contribution < 1.29 is 19.1 Å². The number of nitrogens with one attached hydrogen (secondary N) is 1. The van der Waals surface area contributed by atoms with Gasteiger partial charge in [-0.25, -0.2) is 4.79 Å². The Bertz CT molecular complexity index is 954. The van der Waals surface area contributed by atoms with Crippen LogP contribution in [0, 0.1) is 0 Å². The number of amides is 1. The van der Waals surface area contributed by atoms with Gasteiger partial charge in [-0.15, -0.1) is 0 Å². The average molecular weight is 369 g/mol. The normalized spacial score (nSPS) is 18.0. The van der Waals surface area contributed by atoms with E-state index in [0.717, 1.165) is 5.56 Å². The molecule has 1 atom stereocenters. The van der Waals surface area contributed by atoms with Gasteiger partial charge in [-0.1, -0.05) is 30.3 Å². The van der Waals surface area contributed by atoms with E-state index in [2.05, 4.69) is 5.32 Å². The lowest BCUT2D eigenvalue weighted by Crippen LogP contribution is -2.49. The lowest BCUT2D eigenvalue weighted by molar-refractivity contribution is 0.0584. The number of carbonyl (C=O) groups is 2. The molecule has 0 aliphatic carbocycles. The molecule has 1 saturated heterocycles. The summed E-state index contributed by atoms with van der Waals surface area (Å²) in [7, 11) is 1.21. The third-order valence-corrected chi connectivity index (χ3v) is 4.81. The molecule has 1 unspecified atom stereocenters. The Labute approximate surface area is 155 Å². The number of rotatable bonds is 4. The van der Waals surface area contributed by atoms with Crippen molar-refractivity contribution in [2.75, 3.05) is 20.2 Å². The molecule has 1 aromatic heterocycles. The zero-order valence-electron chi connectivity index (χ0n) is 14.8. The Kier molecular flexibility index (Phi) is 4.41. The summed E-state index contributed by atoms with van der Waals surface area (Å²) in [6, 6.07) is 9.31. The van der Waals surface area contributed by atoms with Gasteiger partial charge in [-0.05, 0) is 5.56 Å². The molecule has 0 saturated carbocycles. The molecule has 1 aromatic carbocycles. The number of benzene rings is 1. The van der Waals surface area contributed by atoms with Crippen LogP contribution in [0.2, 0.25) is 0 Å². The molecule has 0 bridgehead atoms. The molecule has 0 radical (unpaired) electrons. The van der Waals surface area contributed by atoms with Gasteiger partial charge < -0.3 is 18.9 Å². The van der Waals surface area contributed by atoms with E-state index in [-0.39, 0.29) is 35.7 Å². The van der Waals surface area contributed by atoms with E-state index in [1.807, 2.05) is 30.3 Å². The summed E-state index contributed by atoms with van der Waals surface area (Å²) < 4.78 is 12.1. The van der Waals surface area contributed by atoms with Gasteiger partial charge in [-0.2, -0.15) is 0 Å². The van der Waals surface area contributed by atoms with Gasteiger partial charge in [0.15, 0.2) is 11.4 Å². The highest BCUT2D eigenvalue weighted by Gasteiger charge is 2.39. The number of aromatic nitrogens is 1. The quantitative estimate of drug-likeness (QED) is 0.794. The number of methoxy groups -OCH3 is 1. The monoisotopic (exact) mass is 369 g/mol. The van der Waals surface area contributed by atoms with Crippen LogP contribution in [0.25, 0.3) is 0 Å². The predicted octanol–water partition coefficient (Wildman–Crippen LogP) is 0.599. The standard InChI is InChI=1S/C19H19N3O5/c1-26-19(25)13-9-21-10-14-20-7-8-22(14)18(24)15(21)17(16(13)23)27-11-12-5-3-2-4-6-12/h2-6,9,14,20H,7-8,10-11H2,1H3. The van der Waals surface area contributed by atoms with Crippen LogP contribution in [0.1, 0.15) is 26.4 Å². The molecule has 2 aliphatic rings. The molecule has 3 heterocycles. The van der Waals surface area contributed by atoms with Crippen LogP contribution in [-0.2, 0) is 17.9 Å². The van der Waals surface area contributed by atoms with E-state index in [1.54, 1.807) is 9.47 Å². The van der Waals surface area contributed by atoms with Gasteiger partial charge in [0.05, 0.1) is 13.7 Å². The molecule has 1 amide bonds. The summed E-state index contributed by atoms with van der Waals surface area (Å²) in [5.41, 5.74) is 0.234. The van der Waals surface area contributed by atoms with Crippen LogP contribution in [-0.4, -0.2) is 47.7 Å². The van der Waals surface area contributed by atoms with Crippen LogP contribution in [0.4, 0.5) is 0 Å². The molecule has 2 aliphatic heterocycles. The number of esters is 1. The fourth-order valence-electron chi connectivity index (χ4n) is 3.47. The van der Waals surface area contributed by atoms with Gasteiger partial charge in [0.25, 0.3) is 5.91 Å². The van der Waals surface area contributed by atoms with E-state index in [0.29, 0.717) is 19.6 Å². The number of hydrogen-bond acceptors (Lipinski definition) is 6. The highest BCUT2D eigenvalue weighted by atomic mass is 16.5. The van der Waals surface area contributed by atoms with Crippen LogP contribution < -0.4 is 15.5 Å². The minimum absolute atomic E-state index is 0.114. The second-order valence-electron chi connectivity index (χ2n) is 6.44. The fraction of sp³-hybridized carbons (Fsp3) is 0.316. The van der Waals surface area contributed by atoms with Crippen molar-refractivity contribution in [3.8, 4) is 5.75 Å². The molecule has 8 nitrogen and oxygen atoms in total. The highest BCUT2D eigenvalue weighted by Crippen LogP contribution is 2.26. The fourth-order valence-corrected chi connectivity index (χ4v) is 3.47. The first-order valence-electron chi connectivity index (χ1n) is 8.67. The van der Waals surface area contributed by atoms with E-state index < -0.39 is 11.4 Å². The Morgan fingerprint density at radius 3 is 2.78 bits per heavy atom. The van der Waals surface area contributed by atoms with Crippen LogP contribution in [0.3, 0.4) is 0 Å². The smallest absolute Gasteiger partial charge is 0.343 e. The van der Waals surface area contributed by atoms with Crippen molar-refractivity contribution in [2.24, 2.45) is 0 Å². The maximum atomic E-state index is 13.0. The number of pyridine rings is 1. The molecule has 0 spiro atoms. The van der Waals surface area contributed by atoms with E-state index in [9.17, 15) is 14.4 Å². The molecule has 1 N–H and O–H groups in total. The molecule has 2 aromatic rings. The van der Waals surface area contributed by atoms with Crippen molar-refractivity contribution in [1.29, 1.82) is 0 Å². The second kappa shape index (κ2) is 6.88. The summed E-state index contributed by atoms with van der Waals surface area (Å²) in [5.74, 6) is -1.15. The van der Waals surface area contributed by atoms with Gasteiger partial charge in [0.2, 0.25) is 5.43 Å². The van der Waals surface area contributed by atoms with Crippen molar-refractivity contribution in [1.82, 2.24) is 14.8 Å². The zero-order chi connectivity index (χ0) is 19.0. The first kappa shape index (κ1) is 17.3. The Morgan fingerprint density at radius 2 is 2.04 bits per heavy atom. The second-order valence-corrected chi connectivity index (χ2v) is 6.44. The van der Waals surface area contributed by atoms with E-state index >= 15 is 0 Å². The van der Waals surface area contributed by atoms with Crippen molar-refractivity contribution in [2.45, 2.75) is 19.3 Å². The molecule has 1 fully saturated rings. The first-order chi connectivity index (χ1) is 13.1. The van der Waals surface area contributed by atoms with Crippen LogP contribution in [0.15, 0.2) is 41.3 Å². The molecule has 4 rings (SSSR count). The average Bonchev–Trinajstić information content (AvgIpc) is 3.16. The minimum atomic E-state index is -0.755. The topological polar surface area (TPSA) is 89.9 Å². The summed E-state index contributed by atoms with van der Waals surface area (Å²) in [6.45, 7) is 1.78. The Morgan fingerprint density at radius 1 is 1.26 bits per heavy atom. The van der Waals surface area contributed by atoms with E-state index in [4.69, 9.17) is 9.47 Å². The van der Waals surface area contributed by atoms with Gasteiger partial charge in [0.1, 0.15) is 18.3 Å². The Hall–Kier alpha value is -3.13. The lowest BCUT2D eigenvalue weighted by atomic mass is 10.1. The number of hydrogen-bond donors (Lipinski definition) is 1. The number of nitrogens with zero attached hydrogens (tertiary/aromatic N) is 2. The largest absolute Gasteiger partial charge is 0.483 e. The maximum Gasteiger partial charge on any atom is 0.343 e. The zero-order valence-corrected chi connectivity index (χ0v) is 14.8. The van der Waals surface area contributed by atoms with Crippen molar-refractivity contribution in [3.63, 3.8) is 0 Å². The number of fused-ring (bicyclic) bond motifs is 2. The SMILES string of the molecule is COC(=O)c1cn2c(c(OCc3ccccc3)c1=O)C(=O)N1CCNC1C2. The van der Waals surface area contributed by atoms with Crippen LogP contribution >= 0.6 is 0 Å². The third kappa shape index (κ3) is 2.97. The maximum absolute atomic E-state index is 13.0. The molecule has 140 valence electrons. The van der Waals surface area contributed by atoms with E-state index in [1.165, 1.54) is 13.3 Å². The van der Waals surface area contributed by atoms with Crippen molar-refractivity contribution in [3.05, 3.63) is 63.6 Å². The summed E-state index contributed by atoms with van der Waals surface area (Å²) >= 11 is 0. The Balaban J connectivity index is 1.80. The molecule has 8 heteroatoms. The molecular formula is C19H19N3O5. The predicted molar refractivity (Wildman–Crippen MR) is 95.6 cm³/mol. The number of ether oxygens (including phenoxy) is 2. The summed E-state index contributed by atoms with van der Waals surface area (Å²) in [4.78, 5) is 39.6. The highest BCUT2D eigenvalue weighted by molar-refractivity contribution is 5.98. The molecule has 27 heavy (non-hydrogen) atoms. The summed E-state index contributed by atoms with van der Waals surface area (Å²) in [5, 5.41) is 3.23. The van der Waals surface area contributed by atoms with Crippen LogP contribution in [0.5, 0.6) is 5.75 Å². The van der Waals surface area contributed by atoms with Gasteiger partial charge >= 0.3 is 5.97 Å². The van der Waals surface area contributed by atoms with Gasteiger partial charge in [-0.3, -0.25) is 14.9 Å². The van der Waals surface area contributed by atoms with Crippen molar-refractivity contribution >= 4 is 11.9 Å². The minimum Gasteiger partial charge on any atom is -0.483 e. The number of carbonyl (C=O) groups excluding carboxylic acids is 2.